The fraction of sp³-hybridized carbons (Fsp3) is 0.556. The van der Waals surface area contributed by atoms with E-state index < -0.39 is 19.9 Å². The molecule has 0 radical (unpaired) electrons. The molecular weight excluding hydrogens is 337 g/mol. The van der Waals surface area contributed by atoms with Gasteiger partial charge in [0, 0.05) is 19.1 Å². The average molecular weight is 367 g/mol. The van der Waals surface area contributed by atoms with E-state index in [-0.39, 0.29) is 24.8 Å². The summed E-state index contributed by atoms with van der Waals surface area (Å²) in [4.78, 5) is 22.9. The summed E-state index contributed by atoms with van der Waals surface area (Å²) in [7, 11) is -2.02. The second-order valence-corrected chi connectivity index (χ2v) is 8.12. The predicted octanol–water partition coefficient (Wildman–Crippen LogP) is 2.09. The van der Waals surface area contributed by atoms with Crippen LogP contribution in [0.15, 0.2) is 30.3 Å². The van der Waals surface area contributed by atoms with Crippen molar-refractivity contribution in [2.24, 2.45) is 11.7 Å². The summed E-state index contributed by atoms with van der Waals surface area (Å²) in [6.07, 6.45) is 3.48. The first-order valence-corrected chi connectivity index (χ1v) is 10.4. The number of aryl methyl sites for hydroxylation is 1. The van der Waals surface area contributed by atoms with Crippen LogP contribution < -0.4 is 16.1 Å². The number of hydrogen-bond acceptors (Lipinski definition) is 3. The SMILES string of the molecule is CC(C)[C@H](N[PH](=O)CCCCc1ccccc1)C(=O)NCCC(N)=O. The largest absolute Gasteiger partial charge is 0.370 e. The van der Waals surface area contributed by atoms with Crippen molar-refractivity contribution >= 4 is 19.8 Å². The summed E-state index contributed by atoms with van der Waals surface area (Å²) >= 11 is 0. The molecule has 7 heteroatoms. The number of nitrogens with one attached hydrogen (secondary N) is 2. The van der Waals surface area contributed by atoms with Crippen molar-refractivity contribution < 1.29 is 14.2 Å². The zero-order valence-corrected chi connectivity index (χ0v) is 16.1. The molecule has 2 atom stereocenters. The minimum absolute atomic E-state index is 0.00634. The van der Waals surface area contributed by atoms with Gasteiger partial charge in [0.25, 0.3) is 0 Å². The van der Waals surface area contributed by atoms with E-state index in [4.69, 9.17) is 5.73 Å². The lowest BCUT2D eigenvalue weighted by Gasteiger charge is -2.21. The zero-order valence-electron chi connectivity index (χ0n) is 15.1. The number of nitrogens with two attached hydrogens (primary N) is 1. The topological polar surface area (TPSA) is 101 Å². The van der Waals surface area contributed by atoms with Gasteiger partial charge in [-0.05, 0) is 30.7 Å². The van der Waals surface area contributed by atoms with Gasteiger partial charge in [0.2, 0.25) is 11.8 Å². The third-order valence-corrected chi connectivity index (χ3v) is 5.34. The van der Waals surface area contributed by atoms with Gasteiger partial charge >= 0.3 is 0 Å². The van der Waals surface area contributed by atoms with Crippen LogP contribution in [0.5, 0.6) is 0 Å². The Balaban J connectivity index is 2.32. The van der Waals surface area contributed by atoms with Crippen LogP contribution in [0.1, 0.15) is 38.7 Å². The Morgan fingerprint density at radius 3 is 2.44 bits per heavy atom. The molecule has 0 saturated heterocycles. The highest BCUT2D eigenvalue weighted by Crippen LogP contribution is 2.21. The lowest BCUT2D eigenvalue weighted by molar-refractivity contribution is -0.123. The van der Waals surface area contributed by atoms with Gasteiger partial charge in [0.1, 0.15) is 7.95 Å². The minimum atomic E-state index is -2.02. The summed E-state index contributed by atoms with van der Waals surface area (Å²) in [6, 6.07) is 9.69. The summed E-state index contributed by atoms with van der Waals surface area (Å²) in [6.45, 7) is 4.00. The fourth-order valence-electron chi connectivity index (χ4n) is 2.46. The molecule has 2 amide bonds. The molecule has 1 unspecified atom stereocenters. The maximum atomic E-state index is 12.3. The van der Waals surface area contributed by atoms with Gasteiger partial charge in [-0.25, -0.2) is 0 Å². The highest BCUT2D eigenvalue weighted by Gasteiger charge is 2.23. The van der Waals surface area contributed by atoms with E-state index in [2.05, 4.69) is 22.5 Å². The Hall–Kier alpha value is -1.65. The first kappa shape index (κ1) is 21.4. The molecule has 0 fully saturated rings. The lowest BCUT2D eigenvalue weighted by Crippen LogP contribution is -2.45. The van der Waals surface area contributed by atoms with E-state index in [0.29, 0.717) is 6.16 Å². The normalized spacial score (nSPS) is 13.4. The summed E-state index contributed by atoms with van der Waals surface area (Å²) < 4.78 is 12.3. The molecule has 1 aromatic rings. The number of benzene rings is 1. The van der Waals surface area contributed by atoms with Crippen LogP contribution in [0.3, 0.4) is 0 Å². The molecule has 4 N–H and O–H groups in total. The second-order valence-electron chi connectivity index (χ2n) is 6.49. The van der Waals surface area contributed by atoms with Gasteiger partial charge in [-0.2, -0.15) is 0 Å². The van der Waals surface area contributed by atoms with E-state index in [9.17, 15) is 14.2 Å². The van der Waals surface area contributed by atoms with Crippen LogP contribution in [0.4, 0.5) is 0 Å². The number of primary amides is 1. The van der Waals surface area contributed by atoms with Crippen molar-refractivity contribution in [2.45, 2.75) is 45.6 Å². The van der Waals surface area contributed by atoms with E-state index in [0.717, 1.165) is 19.3 Å². The molecule has 0 bridgehead atoms. The Morgan fingerprint density at radius 2 is 1.84 bits per heavy atom. The first-order valence-electron chi connectivity index (χ1n) is 8.79. The summed E-state index contributed by atoms with van der Waals surface area (Å²) in [5, 5.41) is 5.64. The third-order valence-electron chi connectivity index (χ3n) is 3.90. The summed E-state index contributed by atoms with van der Waals surface area (Å²) in [5.74, 6) is -0.688. The molecule has 0 aliphatic carbocycles. The number of rotatable bonds is 12. The number of unbranched alkanes of at least 4 members (excludes halogenated alkanes) is 1. The lowest BCUT2D eigenvalue weighted by atomic mass is 10.1. The van der Waals surface area contributed by atoms with Gasteiger partial charge in [-0.15, -0.1) is 0 Å². The van der Waals surface area contributed by atoms with Gasteiger partial charge in [0.05, 0.1) is 6.04 Å². The van der Waals surface area contributed by atoms with Crippen LogP contribution in [-0.2, 0) is 20.6 Å². The predicted molar refractivity (Wildman–Crippen MR) is 102 cm³/mol. The molecule has 1 aromatic carbocycles. The molecule has 0 aliphatic heterocycles. The number of carbonyl (C=O) groups is 2. The third kappa shape index (κ3) is 9.42. The number of hydrogen-bond donors (Lipinski definition) is 3. The van der Waals surface area contributed by atoms with Crippen molar-refractivity contribution in [3.63, 3.8) is 0 Å². The molecule has 0 heterocycles. The molecule has 0 spiro atoms. The van der Waals surface area contributed by atoms with E-state index in [1.807, 2.05) is 32.0 Å². The zero-order chi connectivity index (χ0) is 18.7. The number of amides is 2. The molecular formula is C18H30N3O3P. The first-order chi connectivity index (χ1) is 11.9. The van der Waals surface area contributed by atoms with Crippen LogP contribution in [0.2, 0.25) is 0 Å². The molecule has 0 aromatic heterocycles. The molecule has 25 heavy (non-hydrogen) atoms. The maximum absolute atomic E-state index is 12.3. The Bertz CT molecular complexity index is 564. The van der Waals surface area contributed by atoms with Gasteiger partial charge in [0.15, 0.2) is 0 Å². The quantitative estimate of drug-likeness (QED) is 0.389. The molecule has 0 saturated carbocycles. The smallest absolute Gasteiger partial charge is 0.237 e. The van der Waals surface area contributed by atoms with Crippen molar-refractivity contribution in [3.8, 4) is 0 Å². The molecule has 140 valence electrons. The van der Waals surface area contributed by atoms with Gasteiger partial charge in [-0.1, -0.05) is 44.2 Å². The maximum Gasteiger partial charge on any atom is 0.237 e. The monoisotopic (exact) mass is 367 g/mol. The Morgan fingerprint density at radius 1 is 1.16 bits per heavy atom. The Kier molecular flexibility index (Phi) is 10.1. The molecule has 1 rings (SSSR count). The van der Waals surface area contributed by atoms with Crippen LogP contribution in [0.25, 0.3) is 0 Å². The van der Waals surface area contributed by atoms with E-state index >= 15 is 0 Å². The molecule has 0 aliphatic rings. The highest BCUT2D eigenvalue weighted by molar-refractivity contribution is 7.42. The standard InChI is InChI=1S/C18H30N3O3P/c1-14(2)17(18(23)20-12-11-16(19)22)21-25(24)13-7-6-10-15-8-4-3-5-9-15/h3-5,8-9,14,17,25H,6-7,10-13H2,1-2H3,(H2,19,22)(H,20,23)(H,21,24)/t17-/m0/s1. The summed E-state index contributed by atoms with van der Waals surface area (Å²) in [5.41, 5.74) is 6.34. The van der Waals surface area contributed by atoms with Gasteiger partial charge < -0.3 is 15.6 Å². The Labute approximate surface area is 150 Å². The van der Waals surface area contributed by atoms with Crippen LogP contribution >= 0.6 is 7.95 Å². The van der Waals surface area contributed by atoms with E-state index in [1.165, 1.54) is 5.56 Å². The fourth-order valence-corrected chi connectivity index (χ4v) is 3.99. The van der Waals surface area contributed by atoms with E-state index in [1.54, 1.807) is 0 Å². The van der Waals surface area contributed by atoms with Crippen LogP contribution in [0, 0.1) is 5.92 Å². The number of carbonyl (C=O) groups excluding carboxylic acids is 2. The van der Waals surface area contributed by atoms with Crippen molar-refractivity contribution in [1.29, 1.82) is 0 Å². The average Bonchev–Trinajstić information content (AvgIpc) is 2.56. The van der Waals surface area contributed by atoms with Crippen molar-refractivity contribution in [3.05, 3.63) is 35.9 Å². The second kappa shape index (κ2) is 11.8. The molecule has 6 nitrogen and oxygen atoms in total. The van der Waals surface area contributed by atoms with Crippen LogP contribution in [-0.4, -0.2) is 30.6 Å². The van der Waals surface area contributed by atoms with Crippen molar-refractivity contribution in [1.82, 2.24) is 10.4 Å². The van der Waals surface area contributed by atoms with Crippen molar-refractivity contribution in [2.75, 3.05) is 12.7 Å². The van der Waals surface area contributed by atoms with Gasteiger partial charge in [-0.3, -0.25) is 14.7 Å². The minimum Gasteiger partial charge on any atom is -0.370 e. The highest BCUT2D eigenvalue weighted by atomic mass is 31.1.